The van der Waals surface area contributed by atoms with Crippen molar-refractivity contribution in [2.24, 2.45) is 0 Å². The van der Waals surface area contributed by atoms with Crippen LogP contribution in [-0.4, -0.2) is 19.8 Å². The number of nitrogens with zero attached hydrogens (tertiary/aromatic N) is 4. The predicted octanol–water partition coefficient (Wildman–Crippen LogP) is 4.94. The van der Waals surface area contributed by atoms with Gasteiger partial charge in [-0.2, -0.15) is 5.26 Å². The predicted molar refractivity (Wildman–Crippen MR) is 110 cm³/mol. The standard InChI is InChI=1S/C20H17Cl2N3.HNO3/c21-17-6-7-18(19(22)12-17)20(13-23,14-25-11-10-24-15-25)9-8-16-4-2-1-3-5-16;2-1(3)4/h1-7,10-12,15H,8-9,14H2;(H,2,3,4). The molecule has 29 heavy (non-hydrogen) atoms. The number of aryl methyl sites for hydroxylation is 1. The Hall–Kier alpha value is -3.08. The number of aromatic nitrogens is 2. The van der Waals surface area contributed by atoms with Crippen LogP contribution >= 0.6 is 23.2 Å². The monoisotopic (exact) mass is 432 g/mol. The van der Waals surface area contributed by atoms with Gasteiger partial charge in [0.2, 0.25) is 0 Å². The van der Waals surface area contributed by atoms with Gasteiger partial charge in [-0.25, -0.2) is 4.98 Å². The second-order valence-corrected chi connectivity index (χ2v) is 7.12. The Balaban J connectivity index is 0.000000687. The minimum Gasteiger partial charge on any atom is -0.336 e. The average Bonchev–Trinajstić information content (AvgIpc) is 3.19. The van der Waals surface area contributed by atoms with E-state index in [0.717, 1.165) is 12.0 Å². The molecule has 0 fully saturated rings. The average molecular weight is 433 g/mol. The van der Waals surface area contributed by atoms with Gasteiger partial charge >= 0.3 is 0 Å². The van der Waals surface area contributed by atoms with Crippen molar-refractivity contribution in [3.05, 3.63) is 98.5 Å². The van der Waals surface area contributed by atoms with Crippen molar-refractivity contribution in [2.75, 3.05) is 0 Å². The highest BCUT2D eigenvalue weighted by Gasteiger charge is 2.34. The SMILES string of the molecule is N#CC(CCc1ccccc1)(Cn1ccnc1)c1ccc(Cl)cc1Cl.O=[N+]([O-])O. The van der Waals surface area contributed by atoms with Crippen molar-refractivity contribution in [3.8, 4) is 6.07 Å². The van der Waals surface area contributed by atoms with Crippen LogP contribution in [0.5, 0.6) is 0 Å². The van der Waals surface area contributed by atoms with Crippen LogP contribution < -0.4 is 0 Å². The lowest BCUT2D eigenvalue weighted by molar-refractivity contribution is -0.742. The van der Waals surface area contributed by atoms with E-state index in [-0.39, 0.29) is 0 Å². The summed E-state index contributed by atoms with van der Waals surface area (Å²) in [5, 5.41) is 24.8. The van der Waals surface area contributed by atoms with Crippen LogP contribution in [0.4, 0.5) is 0 Å². The summed E-state index contributed by atoms with van der Waals surface area (Å²) in [5.41, 5.74) is 1.22. The van der Waals surface area contributed by atoms with Gasteiger partial charge in [0.05, 0.1) is 12.4 Å². The van der Waals surface area contributed by atoms with E-state index in [9.17, 15) is 5.26 Å². The molecule has 150 valence electrons. The molecular formula is C20H18Cl2N4O3. The third-order valence-electron chi connectivity index (χ3n) is 4.36. The Morgan fingerprint density at radius 1 is 1.24 bits per heavy atom. The maximum Gasteiger partial charge on any atom is 0.291 e. The molecule has 1 N–H and O–H groups in total. The molecule has 9 heteroatoms. The number of imidazole rings is 1. The van der Waals surface area contributed by atoms with E-state index < -0.39 is 10.5 Å². The Morgan fingerprint density at radius 2 is 1.93 bits per heavy atom. The summed E-state index contributed by atoms with van der Waals surface area (Å²) in [4.78, 5) is 12.4. The Labute approximate surface area is 177 Å². The van der Waals surface area contributed by atoms with Gasteiger partial charge in [0, 0.05) is 29.0 Å². The van der Waals surface area contributed by atoms with Crippen LogP contribution in [0.1, 0.15) is 17.5 Å². The number of hydrogen-bond acceptors (Lipinski definition) is 4. The van der Waals surface area contributed by atoms with Crippen molar-refractivity contribution >= 4 is 23.2 Å². The van der Waals surface area contributed by atoms with Gasteiger partial charge in [0.15, 0.2) is 0 Å². The maximum absolute atomic E-state index is 10.1. The van der Waals surface area contributed by atoms with Gasteiger partial charge < -0.3 is 9.77 Å². The van der Waals surface area contributed by atoms with Crippen LogP contribution in [0, 0.1) is 21.4 Å². The lowest BCUT2D eigenvalue weighted by Crippen LogP contribution is -2.31. The maximum atomic E-state index is 10.1. The third-order valence-corrected chi connectivity index (χ3v) is 4.90. The van der Waals surface area contributed by atoms with E-state index in [1.807, 2.05) is 35.0 Å². The smallest absolute Gasteiger partial charge is 0.291 e. The van der Waals surface area contributed by atoms with E-state index in [1.54, 1.807) is 24.7 Å². The highest BCUT2D eigenvalue weighted by molar-refractivity contribution is 6.35. The van der Waals surface area contributed by atoms with Gasteiger partial charge in [-0.05, 0) is 36.1 Å². The summed E-state index contributed by atoms with van der Waals surface area (Å²) < 4.78 is 1.92. The molecular weight excluding hydrogens is 415 g/mol. The minimum atomic E-state index is -1.50. The zero-order valence-corrected chi connectivity index (χ0v) is 16.8. The van der Waals surface area contributed by atoms with Crippen LogP contribution in [0.2, 0.25) is 10.0 Å². The molecule has 0 amide bonds. The number of hydrogen-bond donors (Lipinski definition) is 1. The first kappa shape index (κ1) is 22.2. The van der Waals surface area contributed by atoms with E-state index in [4.69, 9.17) is 38.5 Å². The number of benzene rings is 2. The second kappa shape index (κ2) is 10.5. The molecule has 0 spiro atoms. The molecule has 2 aromatic carbocycles. The Kier molecular flexibility index (Phi) is 8.01. The number of nitriles is 1. The molecule has 1 heterocycles. The minimum absolute atomic E-state index is 0.484. The highest BCUT2D eigenvalue weighted by atomic mass is 35.5. The van der Waals surface area contributed by atoms with E-state index >= 15 is 0 Å². The van der Waals surface area contributed by atoms with Crippen molar-refractivity contribution in [1.29, 1.82) is 5.26 Å². The normalized spacial score (nSPS) is 12.2. The molecule has 0 aliphatic heterocycles. The molecule has 3 rings (SSSR count). The molecule has 1 aromatic heterocycles. The van der Waals surface area contributed by atoms with Crippen molar-refractivity contribution in [1.82, 2.24) is 9.55 Å². The van der Waals surface area contributed by atoms with E-state index in [2.05, 4.69) is 23.2 Å². The van der Waals surface area contributed by atoms with Crippen molar-refractivity contribution in [2.45, 2.75) is 24.8 Å². The lowest BCUT2D eigenvalue weighted by atomic mass is 9.77. The molecule has 7 nitrogen and oxygen atoms in total. The first-order valence-electron chi connectivity index (χ1n) is 8.56. The van der Waals surface area contributed by atoms with Gasteiger partial charge in [-0.15, -0.1) is 10.1 Å². The fourth-order valence-electron chi connectivity index (χ4n) is 3.02. The fourth-order valence-corrected chi connectivity index (χ4v) is 3.61. The van der Waals surface area contributed by atoms with Gasteiger partial charge in [0.1, 0.15) is 5.41 Å². The topological polar surface area (TPSA) is 105 Å². The number of rotatable bonds is 6. The largest absolute Gasteiger partial charge is 0.336 e. The number of halogens is 2. The van der Waals surface area contributed by atoms with E-state index in [1.165, 1.54) is 5.56 Å². The zero-order valence-electron chi connectivity index (χ0n) is 15.3. The summed E-state index contributed by atoms with van der Waals surface area (Å²) >= 11 is 12.5. The summed E-state index contributed by atoms with van der Waals surface area (Å²) in [7, 11) is 0. The summed E-state index contributed by atoms with van der Waals surface area (Å²) in [5.74, 6) is 0. The molecule has 0 saturated carbocycles. The van der Waals surface area contributed by atoms with Crippen LogP contribution in [0.15, 0.2) is 67.3 Å². The van der Waals surface area contributed by atoms with Gasteiger partial charge in [-0.1, -0.05) is 59.6 Å². The molecule has 0 aliphatic carbocycles. The molecule has 1 unspecified atom stereocenters. The fraction of sp³-hybridized carbons (Fsp3) is 0.200. The highest BCUT2D eigenvalue weighted by Crippen LogP contribution is 2.37. The van der Waals surface area contributed by atoms with Gasteiger partial charge in [0.25, 0.3) is 5.09 Å². The molecule has 0 radical (unpaired) electrons. The van der Waals surface area contributed by atoms with E-state index in [0.29, 0.717) is 23.0 Å². The van der Waals surface area contributed by atoms with Gasteiger partial charge in [-0.3, -0.25) is 0 Å². The van der Waals surface area contributed by atoms with Crippen molar-refractivity contribution < 1.29 is 10.3 Å². The molecule has 1 atom stereocenters. The molecule has 0 saturated heterocycles. The summed E-state index contributed by atoms with van der Waals surface area (Å²) in [6, 6.07) is 18.0. The Morgan fingerprint density at radius 3 is 2.48 bits per heavy atom. The van der Waals surface area contributed by atoms with Crippen LogP contribution in [0.25, 0.3) is 0 Å². The Bertz CT molecular complexity index is 971. The third kappa shape index (κ3) is 6.49. The molecule has 3 aromatic rings. The first-order valence-corrected chi connectivity index (χ1v) is 9.31. The second-order valence-electron chi connectivity index (χ2n) is 6.28. The summed E-state index contributed by atoms with van der Waals surface area (Å²) in [6.45, 7) is 0.484. The lowest BCUT2D eigenvalue weighted by Gasteiger charge is -2.29. The molecule has 0 bridgehead atoms. The van der Waals surface area contributed by atoms with Crippen LogP contribution in [0.3, 0.4) is 0 Å². The molecule has 0 aliphatic rings. The van der Waals surface area contributed by atoms with Crippen molar-refractivity contribution in [3.63, 3.8) is 0 Å². The first-order chi connectivity index (χ1) is 13.9. The quantitative estimate of drug-likeness (QED) is 0.438. The summed E-state index contributed by atoms with van der Waals surface area (Å²) in [6.07, 6.45) is 6.72. The van der Waals surface area contributed by atoms with Crippen LogP contribution in [-0.2, 0) is 18.4 Å². The zero-order chi connectivity index (χ0) is 21.3.